The van der Waals surface area contributed by atoms with Gasteiger partial charge >= 0.3 is 0 Å². The van der Waals surface area contributed by atoms with Crippen LogP contribution in [0.1, 0.15) is 35.1 Å². The Morgan fingerprint density at radius 3 is 2.88 bits per heavy atom. The number of rotatable bonds is 3. The number of carbonyl (C=O) groups is 1. The summed E-state index contributed by atoms with van der Waals surface area (Å²) in [5.41, 5.74) is 1.01. The van der Waals surface area contributed by atoms with E-state index < -0.39 is 0 Å². The molecule has 0 radical (unpaired) electrons. The van der Waals surface area contributed by atoms with E-state index >= 15 is 0 Å². The van der Waals surface area contributed by atoms with Gasteiger partial charge in [-0.2, -0.15) is 5.10 Å². The van der Waals surface area contributed by atoms with Crippen molar-refractivity contribution in [2.45, 2.75) is 19.8 Å². The molecular weight excluding hydrogens is 302 g/mol. The van der Waals surface area contributed by atoms with E-state index in [1.807, 2.05) is 17.5 Å². The highest BCUT2D eigenvalue weighted by Crippen LogP contribution is 2.24. The summed E-state index contributed by atoms with van der Waals surface area (Å²) in [6, 6.07) is 3.70. The van der Waals surface area contributed by atoms with Crippen LogP contribution in [0.5, 0.6) is 0 Å². The number of nitrogens with one attached hydrogen (secondary N) is 2. The SMILES string of the molecule is CC(C)c1cc(NC(=O)c2sccc2Br)n[nH]1. The number of amides is 1. The fourth-order valence-corrected chi connectivity index (χ4v) is 2.77. The molecule has 0 aliphatic heterocycles. The van der Waals surface area contributed by atoms with Crippen LogP contribution in [0.4, 0.5) is 5.82 Å². The first-order chi connectivity index (χ1) is 8.08. The van der Waals surface area contributed by atoms with Crippen molar-refractivity contribution in [2.75, 3.05) is 5.32 Å². The van der Waals surface area contributed by atoms with Gasteiger partial charge in [-0.25, -0.2) is 0 Å². The molecule has 4 nitrogen and oxygen atoms in total. The number of aromatic nitrogens is 2. The van der Waals surface area contributed by atoms with E-state index in [1.165, 1.54) is 11.3 Å². The topological polar surface area (TPSA) is 57.8 Å². The second-order valence-corrected chi connectivity index (χ2v) is 5.69. The maximum absolute atomic E-state index is 11.9. The monoisotopic (exact) mass is 313 g/mol. The number of hydrogen-bond acceptors (Lipinski definition) is 3. The van der Waals surface area contributed by atoms with Crippen molar-refractivity contribution >= 4 is 39.0 Å². The standard InChI is InChI=1S/C11H12BrN3OS/c1-6(2)8-5-9(15-14-8)13-11(16)10-7(12)3-4-17-10/h3-6H,1-2H3,(H2,13,14,15,16). The van der Waals surface area contributed by atoms with Crippen LogP contribution in [0, 0.1) is 0 Å². The van der Waals surface area contributed by atoms with Crippen molar-refractivity contribution in [1.29, 1.82) is 0 Å². The van der Waals surface area contributed by atoms with E-state index in [4.69, 9.17) is 0 Å². The Bertz CT molecular complexity index is 532. The molecule has 0 aromatic carbocycles. The lowest BCUT2D eigenvalue weighted by molar-refractivity contribution is 0.102. The van der Waals surface area contributed by atoms with Crippen LogP contribution in [0.15, 0.2) is 22.0 Å². The molecule has 0 spiro atoms. The van der Waals surface area contributed by atoms with Gasteiger partial charge in [0.1, 0.15) is 4.88 Å². The van der Waals surface area contributed by atoms with Gasteiger partial charge in [0.25, 0.3) is 5.91 Å². The summed E-state index contributed by atoms with van der Waals surface area (Å²) in [7, 11) is 0. The molecule has 90 valence electrons. The summed E-state index contributed by atoms with van der Waals surface area (Å²) in [6.45, 7) is 4.13. The van der Waals surface area contributed by atoms with Gasteiger partial charge in [-0.15, -0.1) is 11.3 Å². The predicted molar refractivity (Wildman–Crippen MR) is 72.6 cm³/mol. The van der Waals surface area contributed by atoms with Crippen molar-refractivity contribution < 1.29 is 4.79 Å². The van der Waals surface area contributed by atoms with Gasteiger partial charge in [-0.3, -0.25) is 9.89 Å². The Kier molecular flexibility index (Phi) is 3.63. The third-order valence-electron chi connectivity index (χ3n) is 2.28. The smallest absolute Gasteiger partial charge is 0.268 e. The van der Waals surface area contributed by atoms with Gasteiger partial charge in [0.05, 0.1) is 0 Å². The van der Waals surface area contributed by atoms with E-state index in [-0.39, 0.29) is 5.91 Å². The van der Waals surface area contributed by atoms with Crippen LogP contribution in [-0.4, -0.2) is 16.1 Å². The molecule has 0 bridgehead atoms. The van der Waals surface area contributed by atoms with E-state index in [0.717, 1.165) is 10.2 Å². The summed E-state index contributed by atoms with van der Waals surface area (Å²) >= 11 is 4.72. The van der Waals surface area contributed by atoms with Gasteiger partial charge < -0.3 is 5.32 Å². The Hall–Kier alpha value is -1.14. The first-order valence-electron chi connectivity index (χ1n) is 5.17. The molecule has 1 amide bonds. The van der Waals surface area contributed by atoms with Crippen LogP contribution < -0.4 is 5.32 Å². The predicted octanol–water partition coefficient (Wildman–Crippen LogP) is 3.61. The molecule has 0 fully saturated rings. The molecule has 0 saturated heterocycles. The summed E-state index contributed by atoms with van der Waals surface area (Å²) in [4.78, 5) is 12.5. The minimum Gasteiger partial charge on any atom is -0.304 e. The highest BCUT2D eigenvalue weighted by atomic mass is 79.9. The maximum Gasteiger partial charge on any atom is 0.268 e. The van der Waals surface area contributed by atoms with Gasteiger partial charge in [0.2, 0.25) is 0 Å². The fourth-order valence-electron chi connectivity index (χ4n) is 1.33. The van der Waals surface area contributed by atoms with Crippen molar-refractivity contribution in [2.24, 2.45) is 0 Å². The highest BCUT2D eigenvalue weighted by Gasteiger charge is 2.13. The molecule has 6 heteroatoms. The first-order valence-corrected chi connectivity index (χ1v) is 6.85. The molecule has 17 heavy (non-hydrogen) atoms. The molecule has 2 N–H and O–H groups in total. The van der Waals surface area contributed by atoms with Crippen molar-refractivity contribution in [3.8, 4) is 0 Å². The lowest BCUT2D eigenvalue weighted by Gasteiger charge is -1.99. The zero-order valence-corrected chi connectivity index (χ0v) is 11.9. The zero-order chi connectivity index (χ0) is 12.4. The summed E-state index contributed by atoms with van der Waals surface area (Å²) in [5, 5.41) is 11.6. The maximum atomic E-state index is 11.9. The molecule has 0 aliphatic rings. The van der Waals surface area contributed by atoms with Gasteiger partial charge in [-0.05, 0) is 33.3 Å². The summed E-state index contributed by atoms with van der Waals surface area (Å²) in [6.07, 6.45) is 0. The average Bonchev–Trinajstić information content (AvgIpc) is 2.86. The molecule has 2 aromatic heterocycles. The summed E-state index contributed by atoms with van der Waals surface area (Å²) in [5.74, 6) is 0.773. The number of hydrogen-bond donors (Lipinski definition) is 2. The van der Waals surface area contributed by atoms with Gasteiger partial charge in [-0.1, -0.05) is 13.8 Å². The van der Waals surface area contributed by atoms with Gasteiger partial charge in [0, 0.05) is 16.2 Å². The molecule has 0 unspecified atom stereocenters. The normalized spacial score (nSPS) is 10.8. The number of aromatic amines is 1. The van der Waals surface area contributed by atoms with Crippen LogP contribution in [-0.2, 0) is 0 Å². The zero-order valence-electron chi connectivity index (χ0n) is 9.45. The Balaban J connectivity index is 2.11. The van der Waals surface area contributed by atoms with E-state index in [9.17, 15) is 4.79 Å². The highest BCUT2D eigenvalue weighted by molar-refractivity contribution is 9.10. The largest absolute Gasteiger partial charge is 0.304 e. The molecule has 0 atom stereocenters. The second kappa shape index (κ2) is 5.01. The van der Waals surface area contributed by atoms with Crippen LogP contribution >= 0.6 is 27.3 Å². The third-order valence-corrected chi connectivity index (χ3v) is 4.12. The lowest BCUT2D eigenvalue weighted by Crippen LogP contribution is -2.10. The Labute approximate surface area is 112 Å². The van der Waals surface area contributed by atoms with Crippen LogP contribution in [0.25, 0.3) is 0 Å². The number of thiophene rings is 1. The first kappa shape index (κ1) is 12.3. The lowest BCUT2D eigenvalue weighted by atomic mass is 10.1. The minimum atomic E-state index is -0.145. The van der Waals surface area contributed by atoms with Crippen molar-refractivity contribution in [3.63, 3.8) is 0 Å². The van der Waals surface area contributed by atoms with Crippen molar-refractivity contribution in [3.05, 3.63) is 32.6 Å². The van der Waals surface area contributed by atoms with Crippen LogP contribution in [0.2, 0.25) is 0 Å². The molecule has 0 aliphatic carbocycles. The van der Waals surface area contributed by atoms with Crippen molar-refractivity contribution in [1.82, 2.24) is 10.2 Å². The number of H-pyrrole nitrogens is 1. The molecular formula is C11H12BrN3OS. The van der Waals surface area contributed by atoms with E-state index in [0.29, 0.717) is 16.6 Å². The molecule has 0 saturated carbocycles. The fraction of sp³-hybridized carbons (Fsp3) is 0.273. The van der Waals surface area contributed by atoms with E-state index in [2.05, 4.69) is 45.3 Å². The molecule has 2 heterocycles. The van der Waals surface area contributed by atoms with Gasteiger partial charge in [0.15, 0.2) is 5.82 Å². The van der Waals surface area contributed by atoms with E-state index in [1.54, 1.807) is 0 Å². The molecule has 2 rings (SSSR count). The third kappa shape index (κ3) is 2.76. The Morgan fingerprint density at radius 1 is 1.59 bits per heavy atom. The number of carbonyl (C=O) groups excluding carboxylic acids is 1. The minimum absolute atomic E-state index is 0.145. The number of anilines is 1. The number of nitrogens with zero attached hydrogens (tertiary/aromatic N) is 1. The van der Waals surface area contributed by atoms with Crippen LogP contribution in [0.3, 0.4) is 0 Å². The number of halogens is 1. The summed E-state index contributed by atoms with van der Waals surface area (Å²) < 4.78 is 0.805. The second-order valence-electron chi connectivity index (χ2n) is 3.92. The average molecular weight is 314 g/mol. The quantitative estimate of drug-likeness (QED) is 0.909. The molecule has 2 aromatic rings. The Morgan fingerprint density at radius 2 is 2.35 bits per heavy atom.